The summed E-state index contributed by atoms with van der Waals surface area (Å²) >= 11 is 0. The molecule has 0 aromatic carbocycles. The highest BCUT2D eigenvalue weighted by Gasteiger charge is 2.45. The van der Waals surface area contributed by atoms with Gasteiger partial charge in [-0.25, -0.2) is 0 Å². The van der Waals surface area contributed by atoms with Crippen LogP contribution in [0, 0.1) is 0 Å². The van der Waals surface area contributed by atoms with Crippen molar-refractivity contribution >= 4 is 5.97 Å². The normalized spacial score (nSPS) is 26.6. The maximum Gasteiger partial charge on any atom is 0.326 e. The van der Waals surface area contributed by atoms with Crippen molar-refractivity contribution in [1.82, 2.24) is 5.32 Å². The summed E-state index contributed by atoms with van der Waals surface area (Å²) in [6.07, 6.45) is 2.32. The molecule has 0 bridgehead atoms. The third-order valence-electron chi connectivity index (χ3n) is 3.54. The Labute approximate surface area is 114 Å². The molecule has 1 N–H and O–H groups in total. The van der Waals surface area contributed by atoms with Crippen LogP contribution < -0.4 is 5.32 Å². The molecule has 0 aliphatic heterocycles. The van der Waals surface area contributed by atoms with Crippen LogP contribution in [-0.4, -0.2) is 65.3 Å². The zero-order chi connectivity index (χ0) is 14.1. The van der Waals surface area contributed by atoms with Gasteiger partial charge < -0.3 is 24.3 Å². The summed E-state index contributed by atoms with van der Waals surface area (Å²) in [7, 11) is 4.84. The minimum atomic E-state index is -0.587. The van der Waals surface area contributed by atoms with Crippen molar-refractivity contribution in [2.24, 2.45) is 0 Å². The molecule has 2 atom stereocenters. The molecule has 1 saturated carbocycles. The Morgan fingerprint density at radius 2 is 2.00 bits per heavy atom. The molecule has 0 radical (unpaired) electrons. The summed E-state index contributed by atoms with van der Waals surface area (Å²) in [5.74, 6) is -0.211. The van der Waals surface area contributed by atoms with Crippen molar-refractivity contribution in [1.29, 1.82) is 0 Å². The summed E-state index contributed by atoms with van der Waals surface area (Å²) in [5.41, 5.74) is -0.587. The Hall–Kier alpha value is -0.690. The minimum absolute atomic E-state index is 0.0811. The third-order valence-corrected chi connectivity index (χ3v) is 3.54. The van der Waals surface area contributed by atoms with E-state index < -0.39 is 5.54 Å². The minimum Gasteiger partial charge on any atom is -0.468 e. The molecular weight excluding hydrogens is 250 g/mol. The van der Waals surface area contributed by atoms with E-state index in [9.17, 15) is 4.79 Å². The van der Waals surface area contributed by atoms with Crippen LogP contribution in [0.2, 0.25) is 0 Å². The van der Waals surface area contributed by atoms with Gasteiger partial charge in [-0.1, -0.05) is 0 Å². The summed E-state index contributed by atoms with van der Waals surface area (Å²) in [4.78, 5) is 11.8. The van der Waals surface area contributed by atoms with Crippen LogP contribution in [0.1, 0.15) is 19.3 Å². The van der Waals surface area contributed by atoms with Crippen LogP contribution >= 0.6 is 0 Å². The van der Waals surface area contributed by atoms with Gasteiger partial charge in [-0.2, -0.15) is 0 Å². The van der Waals surface area contributed by atoms with Crippen LogP contribution in [0.25, 0.3) is 0 Å². The van der Waals surface area contributed by atoms with Crippen molar-refractivity contribution in [3.63, 3.8) is 0 Å². The topological polar surface area (TPSA) is 66.0 Å². The maximum atomic E-state index is 11.8. The lowest BCUT2D eigenvalue weighted by Gasteiger charge is -2.25. The van der Waals surface area contributed by atoms with E-state index in [0.717, 1.165) is 12.8 Å². The van der Waals surface area contributed by atoms with E-state index in [1.807, 2.05) is 0 Å². The quantitative estimate of drug-likeness (QED) is 0.484. The fourth-order valence-electron chi connectivity index (χ4n) is 2.37. The number of ether oxygens (including phenoxy) is 4. The molecule has 6 nitrogen and oxygen atoms in total. The number of hydrogen-bond acceptors (Lipinski definition) is 6. The number of carbonyl (C=O) groups is 1. The number of nitrogens with one attached hydrogen (secondary N) is 1. The second-order valence-corrected chi connectivity index (χ2v) is 4.66. The highest BCUT2D eigenvalue weighted by Crippen LogP contribution is 2.32. The summed E-state index contributed by atoms with van der Waals surface area (Å²) in [6, 6.07) is 0. The van der Waals surface area contributed by atoms with Gasteiger partial charge in [-0.3, -0.25) is 4.79 Å². The Bertz CT molecular complexity index is 274. The van der Waals surface area contributed by atoms with Crippen LogP contribution in [0.4, 0.5) is 0 Å². The van der Waals surface area contributed by atoms with Crippen LogP contribution in [0.5, 0.6) is 0 Å². The Balaban J connectivity index is 2.22. The first kappa shape index (κ1) is 16.4. The Morgan fingerprint density at radius 1 is 1.26 bits per heavy atom. The highest BCUT2D eigenvalue weighted by atomic mass is 16.5. The summed E-state index contributed by atoms with van der Waals surface area (Å²) in [5, 5.41) is 3.07. The van der Waals surface area contributed by atoms with Gasteiger partial charge in [0, 0.05) is 13.5 Å². The fraction of sp³-hybridized carbons (Fsp3) is 0.923. The van der Waals surface area contributed by atoms with Crippen molar-refractivity contribution in [3.8, 4) is 0 Å². The predicted molar refractivity (Wildman–Crippen MR) is 70.1 cm³/mol. The highest BCUT2D eigenvalue weighted by molar-refractivity contribution is 5.81. The van der Waals surface area contributed by atoms with E-state index in [1.54, 1.807) is 14.2 Å². The van der Waals surface area contributed by atoms with E-state index in [-0.39, 0.29) is 12.1 Å². The Morgan fingerprint density at radius 3 is 2.63 bits per heavy atom. The fourth-order valence-corrected chi connectivity index (χ4v) is 2.37. The molecule has 1 aliphatic rings. The molecule has 112 valence electrons. The van der Waals surface area contributed by atoms with E-state index in [0.29, 0.717) is 32.8 Å². The first-order valence-electron chi connectivity index (χ1n) is 6.64. The lowest BCUT2D eigenvalue weighted by molar-refractivity contribution is -0.148. The molecule has 0 amide bonds. The maximum absolute atomic E-state index is 11.8. The average Bonchev–Trinajstić information content (AvgIpc) is 2.86. The van der Waals surface area contributed by atoms with E-state index >= 15 is 0 Å². The molecule has 0 spiro atoms. The molecular formula is C13H25NO5. The van der Waals surface area contributed by atoms with Gasteiger partial charge in [0.2, 0.25) is 0 Å². The van der Waals surface area contributed by atoms with Gasteiger partial charge in [-0.15, -0.1) is 0 Å². The second kappa shape index (κ2) is 8.47. The first-order valence-corrected chi connectivity index (χ1v) is 6.64. The van der Waals surface area contributed by atoms with E-state index in [1.165, 1.54) is 7.11 Å². The summed E-state index contributed by atoms with van der Waals surface area (Å²) < 4.78 is 20.8. The molecule has 0 heterocycles. The molecule has 1 fully saturated rings. The van der Waals surface area contributed by atoms with Crippen LogP contribution in [0.15, 0.2) is 0 Å². The molecule has 0 saturated heterocycles. The predicted octanol–water partition coefficient (Wildman–Crippen LogP) is 0.350. The van der Waals surface area contributed by atoms with Gasteiger partial charge in [-0.05, 0) is 19.9 Å². The van der Waals surface area contributed by atoms with Crippen molar-refractivity contribution < 1.29 is 23.7 Å². The molecule has 0 aromatic rings. The SMILES string of the molecule is CNC1(C(=O)OC)CCC(OCCOCCOC)C1. The molecule has 1 rings (SSSR count). The van der Waals surface area contributed by atoms with Gasteiger partial charge in [0.25, 0.3) is 0 Å². The van der Waals surface area contributed by atoms with Gasteiger partial charge in [0.05, 0.1) is 39.6 Å². The largest absolute Gasteiger partial charge is 0.468 e. The van der Waals surface area contributed by atoms with Gasteiger partial charge >= 0.3 is 5.97 Å². The van der Waals surface area contributed by atoms with E-state index in [2.05, 4.69) is 5.32 Å². The zero-order valence-electron chi connectivity index (χ0n) is 12.1. The van der Waals surface area contributed by atoms with Gasteiger partial charge in [0.1, 0.15) is 5.54 Å². The second-order valence-electron chi connectivity index (χ2n) is 4.66. The smallest absolute Gasteiger partial charge is 0.326 e. The van der Waals surface area contributed by atoms with Gasteiger partial charge in [0.15, 0.2) is 0 Å². The number of hydrogen-bond donors (Lipinski definition) is 1. The monoisotopic (exact) mass is 275 g/mol. The zero-order valence-corrected chi connectivity index (χ0v) is 12.1. The lowest BCUT2D eigenvalue weighted by Crippen LogP contribution is -2.49. The average molecular weight is 275 g/mol. The number of esters is 1. The number of likely N-dealkylation sites (N-methyl/N-ethyl adjacent to an activating group) is 1. The standard InChI is InChI=1S/C13H25NO5/c1-14-13(12(15)17-3)5-4-11(10-13)19-9-8-18-7-6-16-2/h11,14H,4-10H2,1-3H3. The molecule has 1 aliphatic carbocycles. The molecule has 2 unspecified atom stereocenters. The van der Waals surface area contributed by atoms with E-state index in [4.69, 9.17) is 18.9 Å². The van der Waals surface area contributed by atoms with Crippen molar-refractivity contribution in [2.45, 2.75) is 30.9 Å². The third kappa shape index (κ3) is 4.72. The van der Waals surface area contributed by atoms with Crippen LogP contribution in [-0.2, 0) is 23.7 Å². The first-order chi connectivity index (χ1) is 9.18. The molecule has 0 aromatic heterocycles. The molecule has 19 heavy (non-hydrogen) atoms. The number of rotatable bonds is 9. The Kier molecular flexibility index (Phi) is 7.30. The summed E-state index contributed by atoms with van der Waals surface area (Å²) in [6.45, 7) is 2.25. The van der Waals surface area contributed by atoms with Crippen LogP contribution in [0.3, 0.4) is 0 Å². The lowest BCUT2D eigenvalue weighted by atomic mass is 9.98. The van der Waals surface area contributed by atoms with Crippen molar-refractivity contribution in [2.75, 3.05) is 47.7 Å². The molecule has 6 heteroatoms. The number of methoxy groups -OCH3 is 2. The van der Waals surface area contributed by atoms with Crippen molar-refractivity contribution in [3.05, 3.63) is 0 Å². The number of carbonyl (C=O) groups excluding carboxylic acids is 1.